The molecule has 3 nitrogen and oxygen atoms in total. The molecule has 1 saturated carbocycles. The lowest BCUT2D eigenvalue weighted by Gasteiger charge is -2.30. The quantitative estimate of drug-likeness (QED) is 0.741. The van der Waals surface area contributed by atoms with Gasteiger partial charge in [0.2, 0.25) is 0 Å². The average Bonchev–Trinajstić information content (AvgIpc) is 2.41. The van der Waals surface area contributed by atoms with Gasteiger partial charge in [0, 0.05) is 29.0 Å². The van der Waals surface area contributed by atoms with E-state index in [9.17, 15) is 5.11 Å². The first kappa shape index (κ1) is 14.7. The van der Waals surface area contributed by atoms with Crippen LogP contribution in [0.4, 0.5) is 11.4 Å². The van der Waals surface area contributed by atoms with Crippen LogP contribution < -0.4 is 11.1 Å². The summed E-state index contributed by atoms with van der Waals surface area (Å²) in [6.45, 7) is 3.26. The lowest BCUT2D eigenvalue weighted by atomic mass is 9.79. The molecule has 4 N–H and O–H groups in total. The summed E-state index contributed by atoms with van der Waals surface area (Å²) >= 11 is 3.55. The first-order valence-corrected chi connectivity index (χ1v) is 7.81. The van der Waals surface area contributed by atoms with Gasteiger partial charge in [0.05, 0.1) is 0 Å². The lowest BCUT2D eigenvalue weighted by Crippen LogP contribution is -2.28. The Balaban J connectivity index is 1.99. The van der Waals surface area contributed by atoms with Crippen LogP contribution in [-0.2, 0) is 0 Å². The molecule has 0 aromatic heterocycles. The molecular weight excluding hydrogens is 304 g/mol. The number of aliphatic hydroxyl groups is 1. The Morgan fingerprint density at radius 3 is 2.68 bits per heavy atom. The first-order valence-electron chi connectivity index (χ1n) is 7.02. The van der Waals surface area contributed by atoms with E-state index in [0.29, 0.717) is 18.4 Å². The second kappa shape index (κ2) is 6.62. The number of hydrogen-bond donors (Lipinski definition) is 3. The maximum atomic E-state index is 9.44. The molecule has 2 rings (SSSR count). The highest BCUT2D eigenvalue weighted by Gasteiger charge is 2.24. The van der Waals surface area contributed by atoms with E-state index in [1.807, 2.05) is 13.0 Å². The smallest absolute Gasteiger partial charge is 0.0488 e. The minimum absolute atomic E-state index is 0.314. The lowest BCUT2D eigenvalue weighted by molar-refractivity contribution is 0.141. The Morgan fingerprint density at radius 1 is 1.32 bits per heavy atom. The predicted molar refractivity (Wildman–Crippen MR) is 84.3 cm³/mol. The van der Waals surface area contributed by atoms with Crippen molar-refractivity contribution in [2.75, 3.05) is 24.2 Å². The Kier molecular flexibility index (Phi) is 5.11. The van der Waals surface area contributed by atoms with Gasteiger partial charge in [0.25, 0.3) is 0 Å². The fraction of sp³-hybridized carbons (Fsp3) is 0.600. The molecule has 0 aliphatic heterocycles. The minimum atomic E-state index is 0.314. The molecule has 0 spiro atoms. The van der Waals surface area contributed by atoms with E-state index >= 15 is 0 Å². The molecule has 0 bridgehead atoms. The number of nitrogen functional groups attached to an aromatic ring is 1. The highest BCUT2D eigenvalue weighted by atomic mass is 79.9. The van der Waals surface area contributed by atoms with Gasteiger partial charge in [-0.2, -0.15) is 0 Å². The van der Waals surface area contributed by atoms with Crippen LogP contribution in [0.5, 0.6) is 0 Å². The van der Waals surface area contributed by atoms with Gasteiger partial charge in [-0.3, -0.25) is 0 Å². The van der Waals surface area contributed by atoms with Crippen LogP contribution in [0.25, 0.3) is 0 Å². The fourth-order valence-electron chi connectivity index (χ4n) is 2.87. The van der Waals surface area contributed by atoms with Crippen molar-refractivity contribution in [2.45, 2.75) is 32.6 Å². The van der Waals surface area contributed by atoms with Crippen molar-refractivity contribution in [1.29, 1.82) is 0 Å². The van der Waals surface area contributed by atoms with E-state index in [1.165, 1.54) is 19.3 Å². The second-order valence-corrected chi connectivity index (χ2v) is 6.41. The zero-order chi connectivity index (χ0) is 13.8. The normalized spacial score (nSPS) is 23.3. The van der Waals surface area contributed by atoms with E-state index in [-0.39, 0.29) is 0 Å². The van der Waals surface area contributed by atoms with Gasteiger partial charge in [-0.05, 0) is 65.2 Å². The van der Waals surface area contributed by atoms with E-state index < -0.39 is 0 Å². The molecule has 4 heteroatoms. The molecule has 106 valence electrons. The van der Waals surface area contributed by atoms with E-state index in [0.717, 1.165) is 34.4 Å². The van der Waals surface area contributed by atoms with Gasteiger partial charge in [-0.25, -0.2) is 0 Å². The Morgan fingerprint density at radius 2 is 2.00 bits per heavy atom. The Bertz CT molecular complexity index is 436. The molecule has 1 aliphatic carbocycles. The molecule has 0 radical (unpaired) electrons. The molecule has 0 saturated heterocycles. The van der Waals surface area contributed by atoms with Crippen LogP contribution in [0.1, 0.15) is 31.2 Å². The van der Waals surface area contributed by atoms with Crippen molar-refractivity contribution in [3.05, 3.63) is 22.2 Å². The van der Waals surface area contributed by atoms with Gasteiger partial charge in [0.15, 0.2) is 0 Å². The van der Waals surface area contributed by atoms with Crippen LogP contribution in [-0.4, -0.2) is 18.3 Å². The second-order valence-electron chi connectivity index (χ2n) is 5.56. The van der Waals surface area contributed by atoms with Gasteiger partial charge in [-0.15, -0.1) is 0 Å². The third kappa shape index (κ3) is 3.63. The molecule has 19 heavy (non-hydrogen) atoms. The molecule has 0 heterocycles. The molecule has 2 unspecified atom stereocenters. The largest absolute Gasteiger partial charge is 0.398 e. The maximum Gasteiger partial charge on any atom is 0.0488 e. The number of nitrogens with one attached hydrogen (secondary N) is 1. The average molecular weight is 327 g/mol. The molecule has 1 aromatic rings. The molecule has 1 aromatic carbocycles. The standard InChI is InChI=1S/C15H23BrN2O/c1-10-6-15(13(16)7-14(10)17)18-8-11-4-2-3-5-12(11)9-19/h6-7,11-12,18-19H,2-5,8-9,17H2,1H3. The van der Waals surface area contributed by atoms with Crippen molar-refractivity contribution in [3.8, 4) is 0 Å². The summed E-state index contributed by atoms with van der Waals surface area (Å²) in [5.74, 6) is 1.03. The molecule has 1 aliphatic rings. The summed E-state index contributed by atoms with van der Waals surface area (Å²) < 4.78 is 1.01. The number of aryl methyl sites for hydroxylation is 1. The van der Waals surface area contributed by atoms with Gasteiger partial charge in [0.1, 0.15) is 0 Å². The summed E-state index contributed by atoms with van der Waals surface area (Å²) in [4.78, 5) is 0. The highest BCUT2D eigenvalue weighted by molar-refractivity contribution is 9.10. The van der Waals surface area contributed by atoms with Gasteiger partial charge < -0.3 is 16.2 Å². The third-order valence-corrected chi connectivity index (χ3v) is 4.87. The number of benzene rings is 1. The molecular formula is C15H23BrN2O. The number of aliphatic hydroxyl groups excluding tert-OH is 1. The zero-order valence-corrected chi connectivity index (χ0v) is 13.0. The van der Waals surface area contributed by atoms with Crippen molar-refractivity contribution in [1.82, 2.24) is 0 Å². The maximum absolute atomic E-state index is 9.44. The van der Waals surface area contributed by atoms with Crippen LogP contribution in [0, 0.1) is 18.8 Å². The van der Waals surface area contributed by atoms with Crippen LogP contribution in [0.3, 0.4) is 0 Å². The Hall–Kier alpha value is -0.740. The number of hydrogen-bond acceptors (Lipinski definition) is 3. The summed E-state index contributed by atoms with van der Waals surface area (Å²) in [6, 6.07) is 4.03. The third-order valence-electron chi connectivity index (χ3n) is 4.21. The Labute approximate surface area is 123 Å². The molecule has 2 atom stereocenters. The van der Waals surface area contributed by atoms with Crippen LogP contribution >= 0.6 is 15.9 Å². The monoisotopic (exact) mass is 326 g/mol. The van der Waals surface area contributed by atoms with Gasteiger partial charge >= 0.3 is 0 Å². The SMILES string of the molecule is Cc1cc(NCC2CCCCC2CO)c(Br)cc1N. The summed E-state index contributed by atoms with van der Waals surface area (Å²) in [5.41, 5.74) is 8.87. The highest BCUT2D eigenvalue weighted by Crippen LogP contribution is 2.32. The summed E-state index contributed by atoms with van der Waals surface area (Å²) in [7, 11) is 0. The number of anilines is 2. The summed E-state index contributed by atoms with van der Waals surface area (Å²) in [6.07, 6.45) is 4.91. The van der Waals surface area contributed by atoms with E-state index in [4.69, 9.17) is 5.73 Å². The minimum Gasteiger partial charge on any atom is -0.398 e. The zero-order valence-electron chi connectivity index (χ0n) is 11.5. The van der Waals surface area contributed by atoms with Crippen LogP contribution in [0.15, 0.2) is 16.6 Å². The number of halogens is 1. The van der Waals surface area contributed by atoms with E-state index in [2.05, 4.69) is 27.3 Å². The predicted octanol–water partition coefficient (Wildman–Crippen LogP) is 3.55. The molecule has 0 amide bonds. The summed E-state index contributed by atoms with van der Waals surface area (Å²) in [5, 5.41) is 12.9. The molecule has 1 fully saturated rings. The van der Waals surface area contributed by atoms with Gasteiger partial charge in [-0.1, -0.05) is 12.8 Å². The first-order chi connectivity index (χ1) is 9.11. The number of rotatable bonds is 4. The van der Waals surface area contributed by atoms with Crippen molar-refractivity contribution >= 4 is 27.3 Å². The number of nitrogens with two attached hydrogens (primary N) is 1. The van der Waals surface area contributed by atoms with Crippen molar-refractivity contribution < 1.29 is 5.11 Å². The topological polar surface area (TPSA) is 58.3 Å². The fourth-order valence-corrected chi connectivity index (χ4v) is 3.37. The van der Waals surface area contributed by atoms with Crippen molar-refractivity contribution in [3.63, 3.8) is 0 Å². The van der Waals surface area contributed by atoms with E-state index in [1.54, 1.807) is 0 Å². The van der Waals surface area contributed by atoms with Crippen LogP contribution in [0.2, 0.25) is 0 Å². The van der Waals surface area contributed by atoms with Crippen molar-refractivity contribution in [2.24, 2.45) is 11.8 Å².